The fourth-order valence-corrected chi connectivity index (χ4v) is 4.20. The van der Waals surface area contributed by atoms with Crippen LogP contribution in [0, 0.1) is 5.92 Å². The van der Waals surface area contributed by atoms with Crippen LogP contribution in [0.5, 0.6) is 23.0 Å². The highest BCUT2D eigenvalue weighted by atomic mass is 16.6. The van der Waals surface area contributed by atoms with Crippen molar-refractivity contribution in [1.82, 2.24) is 0 Å². The number of hydrogen-bond acceptors (Lipinski definition) is 10. The van der Waals surface area contributed by atoms with Gasteiger partial charge in [-0.25, -0.2) is 0 Å². The van der Waals surface area contributed by atoms with E-state index in [9.17, 15) is 19.5 Å². The number of esters is 3. The normalized spacial score (nSPS) is 20.9. The van der Waals surface area contributed by atoms with Crippen molar-refractivity contribution >= 4 is 17.9 Å². The molecule has 1 saturated heterocycles. The van der Waals surface area contributed by atoms with Crippen molar-refractivity contribution in [1.29, 1.82) is 0 Å². The molecule has 0 spiro atoms. The van der Waals surface area contributed by atoms with E-state index < -0.39 is 35.5 Å². The third kappa shape index (κ3) is 6.13. The Hall–Kier alpha value is -3.63. The van der Waals surface area contributed by atoms with Crippen molar-refractivity contribution in [2.45, 2.75) is 38.9 Å². The summed E-state index contributed by atoms with van der Waals surface area (Å²) in [7, 11) is 2.90. The monoisotopic (exact) mass is 502 g/mol. The topological polar surface area (TPSA) is 127 Å². The quantitative estimate of drug-likeness (QED) is 0.404. The van der Waals surface area contributed by atoms with Gasteiger partial charge in [-0.15, -0.1) is 0 Å². The van der Waals surface area contributed by atoms with Crippen LogP contribution in [0.2, 0.25) is 0 Å². The van der Waals surface area contributed by atoms with Crippen LogP contribution in [0.4, 0.5) is 0 Å². The predicted octanol–water partition coefficient (Wildman–Crippen LogP) is 2.78. The van der Waals surface area contributed by atoms with E-state index in [0.717, 1.165) is 5.56 Å². The number of carbonyl (C=O) groups excluding carboxylic acids is 3. The van der Waals surface area contributed by atoms with E-state index in [1.165, 1.54) is 35.0 Å². The molecule has 0 amide bonds. The zero-order valence-electron chi connectivity index (χ0n) is 20.9. The first-order chi connectivity index (χ1) is 17.1. The molecule has 0 radical (unpaired) electrons. The SMILES string of the molecule is COc1cc(C[C@H]2CO[C@H](c3ccc(OC(C)=O)c(OC)c3)[C@@]2(O)COC(C)=O)ccc1OC(C)=O. The fourth-order valence-electron chi connectivity index (χ4n) is 4.20. The van der Waals surface area contributed by atoms with Crippen LogP contribution in [0.3, 0.4) is 0 Å². The number of benzene rings is 2. The highest BCUT2D eigenvalue weighted by Crippen LogP contribution is 2.46. The minimum absolute atomic E-state index is 0.171. The van der Waals surface area contributed by atoms with Crippen LogP contribution in [0.25, 0.3) is 0 Å². The minimum atomic E-state index is -1.58. The largest absolute Gasteiger partial charge is 0.493 e. The number of rotatable bonds is 9. The fraction of sp³-hybridized carbons (Fsp3) is 0.423. The first-order valence-electron chi connectivity index (χ1n) is 11.3. The molecule has 2 aromatic rings. The molecule has 10 heteroatoms. The maximum atomic E-state index is 11.8. The van der Waals surface area contributed by atoms with Gasteiger partial charge >= 0.3 is 17.9 Å². The molecule has 0 aromatic heterocycles. The van der Waals surface area contributed by atoms with Crippen molar-refractivity contribution in [3.8, 4) is 23.0 Å². The smallest absolute Gasteiger partial charge is 0.308 e. The lowest BCUT2D eigenvalue weighted by atomic mass is 9.80. The molecule has 1 aliphatic rings. The molecular weight excluding hydrogens is 472 g/mol. The van der Waals surface area contributed by atoms with E-state index in [1.807, 2.05) is 0 Å². The molecule has 3 atom stereocenters. The third-order valence-corrected chi connectivity index (χ3v) is 5.84. The summed E-state index contributed by atoms with van der Waals surface area (Å²) in [5, 5.41) is 11.8. The van der Waals surface area contributed by atoms with Crippen molar-refractivity contribution in [2.75, 3.05) is 27.4 Å². The van der Waals surface area contributed by atoms with Crippen LogP contribution in [0.1, 0.15) is 38.0 Å². The second-order valence-corrected chi connectivity index (χ2v) is 8.47. The minimum Gasteiger partial charge on any atom is -0.493 e. The summed E-state index contributed by atoms with van der Waals surface area (Å²) < 4.78 is 32.3. The lowest BCUT2D eigenvalue weighted by molar-refractivity contribution is -0.156. The van der Waals surface area contributed by atoms with E-state index in [2.05, 4.69) is 0 Å². The van der Waals surface area contributed by atoms with E-state index in [4.69, 9.17) is 28.4 Å². The van der Waals surface area contributed by atoms with E-state index >= 15 is 0 Å². The molecule has 1 fully saturated rings. The van der Waals surface area contributed by atoms with Crippen LogP contribution in [-0.2, 0) is 30.3 Å². The Morgan fingerprint density at radius 3 is 2.03 bits per heavy atom. The maximum Gasteiger partial charge on any atom is 0.308 e. The second kappa shape index (κ2) is 11.4. The summed E-state index contributed by atoms with van der Waals surface area (Å²) in [5.74, 6) is -0.814. The zero-order chi connectivity index (χ0) is 26.5. The summed E-state index contributed by atoms with van der Waals surface area (Å²) in [6.45, 7) is 3.72. The molecule has 0 aliphatic carbocycles. The standard InChI is InChI=1S/C26H30O10/c1-15(27)34-14-26(30)20(10-18-6-8-21(35-16(2)28)23(11-18)31-4)13-33-25(26)19-7-9-22(36-17(3)29)24(12-19)32-5/h6-9,11-12,20,25,30H,10,13-14H2,1-5H3/t20-,25+,26+/m0/s1. The number of ether oxygens (including phenoxy) is 6. The first kappa shape index (κ1) is 27.0. The lowest BCUT2D eigenvalue weighted by Crippen LogP contribution is -2.45. The van der Waals surface area contributed by atoms with Gasteiger partial charge in [-0.3, -0.25) is 14.4 Å². The third-order valence-electron chi connectivity index (χ3n) is 5.84. The van der Waals surface area contributed by atoms with Crippen LogP contribution >= 0.6 is 0 Å². The van der Waals surface area contributed by atoms with Gasteiger partial charge in [-0.2, -0.15) is 0 Å². The Bertz CT molecular complexity index is 1130. The Balaban J connectivity index is 1.92. The predicted molar refractivity (Wildman–Crippen MR) is 126 cm³/mol. The molecule has 1 heterocycles. The van der Waals surface area contributed by atoms with Gasteiger partial charge in [0.2, 0.25) is 0 Å². The lowest BCUT2D eigenvalue weighted by Gasteiger charge is -2.33. The van der Waals surface area contributed by atoms with Gasteiger partial charge in [-0.05, 0) is 41.8 Å². The highest BCUT2D eigenvalue weighted by molar-refractivity contribution is 5.71. The Morgan fingerprint density at radius 1 is 0.889 bits per heavy atom. The highest BCUT2D eigenvalue weighted by Gasteiger charge is 2.52. The van der Waals surface area contributed by atoms with Gasteiger partial charge in [0.05, 0.1) is 20.8 Å². The van der Waals surface area contributed by atoms with Crippen LogP contribution < -0.4 is 18.9 Å². The van der Waals surface area contributed by atoms with Gasteiger partial charge in [-0.1, -0.05) is 12.1 Å². The van der Waals surface area contributed by atoms with E-state index in [1.54, 1.807) is 36.4 Å². The summed E-state index contributed by atoms with van der Waals surface area (Å²) in [4.78, 5) is 34.3. The Kier molecular flexibility index (Phi) is 8.54. The van der Waals surface area contributed by atoms with E-state index in [0.29, 0.717) is 17.7 Å². The molecule has 1 N–H and O–H groups in total. The average Bonchev–Trinajstić information content (AvgIpc) is 3.14. The Labute approximate surface area is 209 Å². The number of carbonyl (C=O) groups is 3. The van der Waals surface area contributed by atoms with Gasteiger partial charge in [0.25, 0.3) is 0 Å². The zero-order valence-corrected chi connectivity index (χ0v) is 20.9. The van der Waals surface area contributed by atoms with Crippen molar-refractivity contribution < 1.29 is 47.9 Å². The Morgan fingerprint density at radius 2 is 1.47 bits per heavy atom. The molecule has 1 aliphatic heterocycles. The van der Waals surface area contributed by atoms with E-state index in [-0.39, 0.29) is 30.5 Å². The number of aliphatic hydroxyl groups is 1. The summed E-state index contributed by atoms with van der Waals surface area (Å²) in [6, 6.07) is 9.92. The van der Waals surface area contributed by atoms with Gasteiger partial charge < -0.3 is 33.5 Å². The van der Waals surface area contributed by atoms with Gasteiger partial charge in [0.1, 0.15) is 18.3 Å². The molecule has 36 heavy (non-hydrogen) atoms. The molecule has 194 valence electrons. The van der Waals surface area contributed by atoms with Crippen LogP contribution in [0.15, 0.2) is 36.4 Å². The average molecular weight is 503 g/mol. The maximum absolute atomic E-state index is 11.8. The molecule has 0 bridgehead atoms. The van der Waals surface area contributed by atoms with Gasteiger partial charge in [0.15, 0.2) is 23.0 Å². The first-order valence-corrected chi connectivity index (χ1v) is 11.3. The molecule has 0 unspecified atom stereocenters. The molecule has 0 saturated carbocycles. The van der Waals surface area contributed by atoms with Crippen LogP contribution in [-0.4, -0.2) is 56.0 Å². The van der Waals surface area contributed by atoms with Gasteiger partial charge in [0, 0.05) is 26.7 Å². The molecule has 2 aromatic carbocycles. The molecular formula is C26H30O10. The van der Waals surface area contributed by atoms with Crippen molar-refractivity contribution in [3.05, 3.63) is 47.5 Å². The number of methoxy groups -OCH3 is 2. The summed E-state index contributed by atoms with van der Waals surface area (Å²) in [6.07, 6.45) is -0.502. The summed E-state index contributed by atoms with van der Waals surface area (Å²) >= 11 is 0. The molecule has 10 nitrogen and oxygen atoms in total. The van der Waals surface area contributed by atoms with Crippen molar-refractivity contribution in [2.24, 2.45) is 5.92 Å². The summed E-state index contributed by atoms with van der Waals surface area (Å²) in [5.41, 5.74) is -0.231. The molecule has 3 rings (SSSR count). The number of hydrogen-bond donors (Lipinski definition) is 1. The van der Waals surface area contributed by atoms with Crippen molar-refractivity contribution in [3.63, 3.8) is 0 Å². The second-order valence-electron chi connectivity index (χ2n) is 8.47.